The number of thiazole rings is 1. The average molecular weight is 451 g/mol. The third-order valence-corrected chi connectivity index (χ3v) is 6.35. The van der Waals surface area contributed by atoms with Crippen molar-refractivity contribution in [3.63, 3.8) is 0 Å². The molecule has 0 aliphatic heterocycles. The summed E-state index contributed by atoms with van der Waals surface area (Å²) < 4.78 is 1.96. The van der Waals surface area contributed by atoms with Crippen molar-refractivity contribution in [3.05, 3.63) is 76.6 Å². The van der Waals surface area contributed by atoms with Crippen LogP contribution in [0.1, 0.15) is 22.6 Å². The lowest BCUT2D eigenvalue weighted by atomic mass is 10.1. The van der Waals surface area contributed by atoms with E-state index >= 15 is 0 Å². The van der Waals surface area contributed by atoms with Gasteiger partial charge in [0.25, 0.3) is 0 Å². The molecular formula is C22H22N6OS2. The highest BCUT2D eigenvalue weighted by Gasteiger charge is 2.17. The molecule has 1 amide bonds. The van der Waals surface area contributed by atoms with Crippen LogP contribution in [0, 0.1) is 13.8 Å². The molecule has 0 unspecified atom stereocenters. The predicted molar refractivity (Wildman–Crippen MR) is 126 cm³/mol. The van der Waals surface area contributed by atoms with Gasteiger partial charge in [0.1, 0.15) is 5.82 Å². The molecule has 2 aromatic heterocycles. The molecule has 158 valence electrons. The number of thioether (sulfide) groups is 1. The minimum absolute atomic E-state index is 0.0844. The molecule has 0 saturated heterocycles. The minimum Gasteiger partial charge on any atom is -0.375 e. The van der Waals surface area contributed by atoms with E-state index < -0.39 is 0 Å². The van der Waals surface area contributed by atoms with E-state index in [4.69, 9.17) is 5.73 Å². The third kappa shape index (κ3) is 4.95. The molecule has 31 heavy (non-hydrogen) atoms. The van der Waals surface area contributed by atoms with E-state index in [-0.39, 0.29) is 11.7 Å². The van der Waals surface area contributed by atoms with Gasteiger partial charge in [0, 0.05) is 16.8 Å². The lowest BCUT2D eigenvalue weighted by Crippen LogP contribution is -2.16. The molecule has 4 rings (SSSR count). The molecule has 0 fully saturated rings. The second-order valence-corrected chi connectivity index (χ2v) is 8.86. The maximum Gasteiger partial charge on any atom is 0.234 e. The second kappa shape index (κ2) is 9.32. The molecule has 0 aliphatic carbocycles. The second-order valence-electron chi connectivity index (χ2n) is 7.03. The van der Waals surface area contributed by atoms with Gasteiger partial charge < -0.3 is 11.1 Å². The summed E-state index contributed by atoms with van der Waals surface area (Å²) in [5.41, 5.74) is 10.5. The molecule has 0 atom stereocenters. The van der Waals surface area contributed by atoms with Gasteiger partial charge in [-0.05, 0) is 37.1 Å². The van der Waals surface area contributed by atoms with Crippen molar-refractivity contribution in [3.8, 4) is 5.69 Å². The van der Waals surface area contributed by atoms with Gasteiger partial charge >= 0.3 is 0 Å². The van der Waals surface area contributed by atoms with Crippen LogP contribution in [0.4, 0.5) is 10.8 Å². The SMILES string of the molecule is Cc1cccc(C)c1NC(=O)CSc1nnc(Cc2csc(N)n2)n1-c1ccccc1. The van der Waals surface area contributed by atoms with Crippen LogP contribution >= 0.6 is 23.1 Å². The molecule has 0 radical (unpaired) electrons. The summed E-state index contributed by atoms with van der Waals surface area (Å²) in [6, 6.07) is 15.8. The molecule has 0 aliphatic rings. The van der Waals surface area contributed by atoms with Crippen LogP contribution in [0.3, 0.4) is 0 Å². The van der Waals surface area contributed by atoms with Crippen LogP contribution in [-0.4, -0.2) is 31.4 Å². The number of hydrogen-bond acceptors (Lipinski definition) is 7. The van der Waals surface area contributed by atoms with Gasteiger partial charge in [-0.15, -0.1) is 21.5 Å². The van der Waals surface area contributed by atoms with E-state index in [0.29, 0.717) is 16.7 Å². The summed E-state index contributed by atoms with van der Waals surface area (Å²) in [6.07, 6.45) is 0.505. The number of benzene rings is 2. The number of carbonyl (C=O) groups excluding carboxylic acids is 1. The number of aromatic nitrogens is 4. The van der Waals surface area contributed by atoms with E-state index in [2.05, 4.69) is 20.5 Å². The van der Waals surface area contributed by atoms with Gasteiger partial charge in [-0.2, -0.15) is 0 Å². The number of para-hydroxylation sites is 2. The summed E-state index contributed by atoms with van der Waals surface area (Å²) in [6.45, 7) is 3.97. The maximum atomic E-state index is 12.6. The van der Waals surface area contributed by atoms with Crippen molar-refractivity contribution in [1.82, 2.24) is 19.7 Å². The Kier molecular flexibility index (Phi) is 6.34. The Bertz CT molecular complexity index is 1180. The first-order valence-electron chi connectivity index (χ1n) is 9.69. The summed E-state index contributed by atoms with van der Waals surface area (Å²) in [4.78, 5) is 17.0. The zero-order valence-corrected chi connectivity index (χ0v) is 18.8. The van der Waals surface area contributed by atoms with E-state index in [1.807, 2.05) is 72.3 Å². The van der Waals surface area contributed by atoms with Gasteiger partial charge in [-0.25, -0.2) is 4.98 Å². The highest BCUT2D eigenvalue weighted by Crippen LogP contribution is 2.25. The molecule has 9 heteroatoms. The minimum atomic E-state index is -0.0844. The number of rotatable bonds is 7. The average Bonchev–Trinajstić information content (AvgIpc) is 3.36. The van der Waals surface area contributed by atoms with Crippen LogP contribution in [0.2, 0.25) is 0 Å². The van der Waals surface area contributed by atoms with Crippen LogP contribution in [0.5, 0.6) is 0 Å². The Morgan fingerprint density at radius 1 is 1.10 bits per heavy atom. The fourth-order valence-corrected chi connectivity index (χ4v) is 4.56. The van der Waals surface area contributed by atoms with Crippen LogP contribution in [0.25, 0.3) is 5.69 Å². The molecule has 2 heterocycles. The highest BCUT2D eigenvalue weighted by atomic mass is 32.2. The number of nitrogens with two attached hydrogens (primary N) is 1. The standard InChI is InChI=1S/C22H22N6OS2/c1-14-7-6-8-15(2)20(14)25-19(29)13-31-22-27-26-18(11-16-12-30-21(23)24-16)28(22)17-9-4-3-5-10-17/h3-10,12H,11,13H2,1-2H3,(H2,23,24)(H,25,29). The van der Waals surface area contributed by atoms with Gasteiger partial charge in [-0.1, -0.05) is 48.2 Å². The van der Waals surface area contributed by atoms with Gasteiger partial charge in [0.05, 0.1) is 17.9 Å². The van der Waals surface area contributed by atoms with Crippen molar-refractivity contribution < 1.29 is 4.79 Å². The number of nitrogen functional groups attached to an aromatic ring is 1. The molecule has 0 saturated carbocycles. The molecule has 0 spiro atoms. The molecular weight excluding hydrogens is 428 g/mol. The van der Waals surface area contributed by atoms with Crippen LogP contribution < -0.4 is 11.1 Å². The van der Waals surface area contributed by atoms with Gasteiger partial charge in [0.2, 0.25) is 5.91 Å². The Balaban J connectivity index is 1.54. The smallest absolute Gasteiger partial charge is 0.234 e. The molecule has 0 bridgehead atoms. The lowest BCUT2D eigenvalue weighted by molar-refractivity contribution is -0.113. The molecule has 4 aromatic rings. The fourth-order valence-electron chi connectivity index (χ4n) is 3.23. The molecule has 7 nitrogen and oxygen atoms in total. The first kappa shape index (κ1) is 21.1. The maximum absolute atomic E-state index is 12.6. The number of carbonyl (C=O) groups is 1. The lowest BCUT2D eigenvalue weighted by Gasteiger charge is -2.12. The molecule has 2 aromatic carbocycles. The van der Waals surface area contributed by atoms with Gasteiger partial charge in [-0.3, -0.25) is 9.36 Å². The summed E-state index contributed by atoms with van der Waals surface area (Å²) in [7, 11) is 0. The number of amides is 1. The summed E-state index contributed by atoms with van der Waals surface area (Å²) in [5, 5.41) is 14.8. The number of nitrogens with zero attached hydrogens (tertiary/aromatic N) is 4. The van der Waals surface area contributed by atoms with E-state index in [1.165, 1.54) is 23.1 Å². The zero-order valence-electron chi connectivity index (χ0n) is 17.2. The number of aryl methyl sites for hydroxylation is 2. The first-order chi connectivity index (χ1) is 15.0. The van der Waals surface area contributed by atoms with E-state index in [9.17, 15) is 4.79 Å². The van der Waals surface area contributed by atoms with Crippen LogP contribution in [-0.2, 0) is 11.2 Å². The molecule has 3 N–H and O–H groups in total. The van der Waals surface area contributed by atoms with Gasteiger partial charge in [0.15, 0.2) is 10.3 Å². The fraction of sp³-hybridized carbons (Fsp3) is 0.182. The monoisotopic (exact) mass is 450 g/mol. The Hall–Kier alpha value is -3.17. The largest absolute Gasteiger partial charge is 0.375 e. The normalized spacial score (nSPS) is 10.9. The van der Waals surface area contributed by atoms with Crippen molar-refractivity contribution in [2.45, 2.75) is 25.4 Å². The van der Waals surface area contributed by atoms with Crippen molar-refractivity contribution in [2.75, 3.05) is 16.8 Å². The Morgan fingerprint density at radius 2 is 1.84 bits per heavy atom. The third-order valence-electron chi connectivity index (χ3n) is 4.70. The number of hydrogen-bond donors (Lipinski definition) is 2. The zero-order chi connectivity index (χ0) is 21.8. The summed E-state index contributed by atoms with van der Waals surface area (Å²) >= 11 is 2.75. The predicted octanol–water partition coefficient (Wildman–Crippen LogP) is 4.24. The number of nitrogens with one attached hydrogen (secondary N) is 1. The Morgan fingerprint density at radius 3 is 2.52 bits per heavy atom. The van der Waals surface area contributed by atoms with E-state index in [1.54, 1.807) is 0 Å². The van der Waals surface area contributed by atoms with E-state index in [0.717, 1.165) is 34.0 Å². The highest BCUT2D eigenvalue weighted by molar-refractivity contribution is 7.99. The topological polar surface area (TPSA) is 98.7 Å². The first-order valence-corrected chi connectivity index (χ1v) is 11.6. The number of anilines is 2. The van der Waals surface area contributed by atoms with Crippen LogP contribution in [0.15, 0.2) is 59.1 Å². The summed E-state index contributed by atoms with van der Waals surface area (Å²) in [5.74, 6) is 0.885. The quantitative estimate of drug-likeness (QED) is 0.409. The van der Waals surface area contributed by atoms with Crippen molar-refractivity contribution >= 4 is 39.8 Å². The van der Waals surface area contributed by atoms with Crippen molar-refractivity contribution in [2.24, 2.45) is 0 Å². The Labute approximate surface area is 188 Å². The van der Waals surface area contributed by atoms with Crippen molar-refractivity contribution in [1.29, 1.82) is 0 Å².